The standard InChI is InChI=1S/C17H17FN2O4/c1-11-14(4-3-5-15(11)20(22)23)19-17(21)9-7-12-6-8-16(24-2)13(18)10-12/h3-6,8,10H,7,9H2,1-2H3,(H,19,21). The van der Waals surface area contributed by atoms with Crippen LogP contribution in [0.3, 0.4) is 0 Å². The van der Waals surface area contributed by atoms with Gasteiger partial charge in [-0.05, 0) is 37.1 Å². The fourth-order valence-corrected chi connectivity index (χ4v) is 2.29. The Labute approximate surface area is 138 Å². The van der Waals surface area contributed by atoms with E-state index in [9.17, 15) is 19.3 Å². The Kier molecular flexibility index (Phi) is 5.47. The molecule has 0 spiro atoms. The predicted octanol–water partition coefficient (Wildman–Crippen LogP) is 3.62. The van der Waals surface area contributed by atoms with Crippen molar-refractivity contribution in [2.24, 2.45) is 0 Å². The Morgan fingerprint density at radius 2 is 2.08 bits per heavy atom. The number of benzene rings is 2. The normalized spacial score (nSPS) is 10.3. The van der Waals surface area contributed by atoms with Gasteiger partial charge in [0.2, 0.25) is 5.91 Å². The predicted molar refractivity (Wildman–Crippen MR) is 87.7 cm³/mol. The summed E-state index contributed by atoms with van der Waals surface area (Å²) in [5.41, 5.74) is 1.41. The lowest BCUT2D eigenvalue weighted by molar-refractivity contribution is -0.385. The van der Waals surface area contributed by atoms with E-state index in [1.807, 2.05) is 0 Å². The van der Waals surface area contributed by atoms with E-state index in [1.54, 1.807) is 19.1 Å². The molecule has 0 saturated heterocycles. The maximum Gasteiger partial charge on any atom is 0.274 e. The van der Waals surface area contributed by atoms with E-state index < -0.39 is 10.7 Å². The van der Waals surface area contributed by atoms with Crippen LogP contribution in [-0.2, 0) is 11.2 Å². The number of halogens is 1. The fourth-order valence-electron chi connectivity index (χ4n) is 2.29. The molecule has 0 unspecified atom stereocenters. The number of aryl methyl sites for hydroxylation is 1. The number of nitrogens with zero attached hydrogens (tertiary/aromatic N) is 1. The first kappa shape index (κ1) is 17.4. The van der Waals surface area contributed by atoms with Crippen molar-refractivity contribution in [3.05, 3.63) is 63.5 Å². The van der Waals surface area contributed by atoms with Crippen LogP contribution in [0.25, 0.3) is 0 Å². The van der Waals surface area contributed by atoms with Crippen molar-refractivity contribution in [1.29, 1.82) is 0 Å². The third-order valence-electron chi connectivity index (χ3n) is 3.63. The molecule has 0 aliphatic carbocycles. The maximum atomic E-state index is 13.6. The van der Waals surface area contributed by atoms with Crippen molar-refractivity contribution in [3.8, 4) is 5.75 Å². The van der Waals surface area contributed by atoms with Crippen LogP contribution in [0.5, 0.6) is 5.75 Å². The van der Waals surface area contributed by atoms with Gasteiger partial charge < -0.3 is 10.1 Å². The second-order valence-electron chi connectivity index (χ2n) is 5.22. The molecule has 7 heteroatoms. The minimum atomic E-state index is -0.495. The topological polar surface area (TPSA) is 81.5 Å². The van der Waals surface area contributed by atoms with Crippen molar-refractivity contribution in [2.75, 3.05) is 12.4 Å². The molecule has 0 bridgehead atoms. The quantitative estimate of drug-likeness (QED) is 0.647. The maximum absolute atomic E-state index is 13.6. The van der Waals surface area contributed by atoms with Crippen molar-refractivity contribution in [3.63, 3.8) is 0 Å². The van der Waals surface area contributed by atoms with Crippen LogP contribution in [0.4, 0.5) is 15.8 Å². The molecule has 2 aromatic rings. The first-order valence-corrected chi connectivity index (χ1v) is 7.28. The number of amides is 1. The number of nitrogens with one attached hydrogen (secondary N) is 1. The van der Waals surface area contributed by atoms with Gasteiger partial charge in [0.25, 0.3) is 5.69 Å². The van der Waals surface area contributed by atoms with Gasteiger partial charge in [-0.2, -0.15) is 0 Å². The van der Waals surface area contributed by atoms with Gasteiger partial charge in [0.05, 0.1) is 23.3 Å². The van der Waals surface area contributed by atoms with Gasteiger partial charge in [-0.1, -0.05) is 12.1 Å². The number of nitro groups is 1. The van der Waals surface area contributed by atoms with E-state index in [0.717, 1.165) is 0 Å². The summed E-state index contributed by atoms with van der Waals surface area (Å²) in [4.78, 5) is 22.4. The molecule has 6 nitrogen and oxygen atoms in total. The molecule has 0 saturated carbocycles. The second kappa shape index (κ2) is 7.54. The molecule has 0 atom stereocenters. The van der Waals surface area contributed by atoms with Crippen LogP contribution >= 0.6 is 0 Å². The Morgan fingerprint density at radius 3 is 2.71 bits per heavy atom. The van der Waals surface area contributed by atoms with E-state index >= 15 is 0 Å². The van der Waals surface area contributed by atoms with Gasteiger partial charge in [-0.3, -0.25) is 14.9 Å². The summed E-state index contributed by atoms with van der Waals surface area (Å²) in [6.07, 6.45) is 0.481. The average molecular weight is 332 g/mol. The van der Waals surface area contributed by atoms with Crippen LogP contribution in [0.1, 0.15) is 17.5 Å². The van der Waals surface area contributed by atoms with Gasteiger partial charge in [0.1, 0.15) is 0 Å². The van der Waals surface area contributed by atoms with Gasteiger partial charge >= 0.3 is 0 Å². The van der Waals surface area contributed by atoms with Gasteiger partial charge in [-0.25, -0.2) is 4.39 Å². The zero-order valence-corrected chi connectivity index (χ0v) is 13.3. The van der Waals surface area contributed by atoms with Crippen LogP contribution in [0, 0.1) is 22.9 Å². The number of nitro benzene ring substituents is 1. The Morgan fingerprint density at radius 1 is 1.33 bits per heavy atom. The van der Waals surface area contributed by atoms with E-state index in [2.05, 4.69) is 5.32 Å². The Hall–Kier alpha value is -2.96. The molecule has 0 aromatic heterocycles. The SMILES string of the molecule is COc1ccc(CCC(=O)Nc2cccc([N+](=O)[O-])c2C)cc1F. The zero-order chi connectivity index (χ0) is 17.7. The number of carbonyl (C=O) groups is 1. The summed E-state index contributed by atoms with van der Waals surface area (Å²) in [6, 6.07) is 9.02. The van der Waals surface area contributed by atoms with Gasteiger partial charge in [0, 0.05) is 12.5 Å². The van der Waals surface area contributed by atoms with Crippen LogP contribution < -0.4 is 10.1 Å². The molecule has 0 heterocycles. The van der Waals surface area contributed by atoms with Crippen LogP contribution in [0.15, 0.2) is 36.4 Å². The first-order chi connectivity index (χ1) is 11.4. The summed E-state index contributed by atoms with van der Waals surface area (Å²) >= 11 is 0. The highest BCUT2D eigenvalue weighted by Gasteiger charge is 2.15. The monoisotopic (exact) mass is 332 g/mol. The van der Waals surface area contributed by atoms with E-state index in [0.29, 0.717) is 23.2 Å². The number of ether oxygens (including phenoxy) is 1. The molecule has 2 aromatic carbocycles. The first-order valence-electron chi connectivity index (χ1n) is 7.28. The van der Waals surface area contributed by atoms with E-state index in [1.165, 1.54) is 31.4 Å². The molecule has 0 radical (unpaired) electrons. The minimum Gasteiger partial charge on any atom is -0.494 e. The largest absolute Gasteiger partial charge is 0.494 e. The molecule has 2 rings (SSSR count). The van der Waals surface area contributed by atoms with Crippen molar-refractivity contribution >= 4 is 17.3 Å². The third-order valence-corrected chi connectivity index (χ3v) is 3.63. The van der Waals surface area contributed by atoms with Gasteiger partial charge in [0.15, 0.2) is 11.6 Å². The number of rotatable bonds is 6. The minimum absolute atomic E-state index is 0.0509. The lowest BCUT2D eigenvalue weighted by Gasteiger charge is -2.09. The lowest BCUT2D eigenvalue weighted by Crippen LogP contribution is -2.13. The van der Waals surface area contributed by atoms with Crippen molar-refractivity contribution in [2.45, 2.75) is 19.8 Å². The molecule has 24 heavy (non-hydrogen) atoms. The molecular formula is C17H17FN2O4. The number of hydrogen-bond acceptors (Lipinski definition) is 4. The summed E-state index contributed by atoms with van der Waals surface area (Å²) in [7, 11) is 1.38. The highest BCUT2D eigenvalue weighted by atomic mass is 19.1. The highest BCUT2D eigenvalue weighted by Crippen LogP contribution is 2.25. The summed E-state index contributed by atoms with van der Waals surface area (Å²) in [6.45, 7) is 1.58. The van der Waals surface area contributed by atoms with E-state index in [-0.39, 0.29) is 23.8 Å². The molecule has 1 N–H and O–H groups in total. The number of methoxy groups -OCH3 is 1. The molecule has 0 fully saturated rings. The highest BCUT2D eigenvalue weighted by molar-refractivity contribution is 5.92. The second-order valence-corrected chi connectivity index (χ2v) is 5.22. The molecular weight excluding hydrogens is 315 g/mol. The Balaban J connectivity index is 2.00. The summed E-state index contributed by atoms with van der Waals surface area (Å²) < 4.78 is 18.4. The van der Waals surface area contributed by atoms with Crippen molar-refractivity contribution in [1.82, 2.24) is 0 Å². The van der Waals surface area contributed by atoms with Gasteiger partial charge in [-0.15, -0.1) is 0 Å². The Bertz CT molecular complexity index is 777. The molecule has 0 aliphatic rings. The molecule has 1 amide bonds. The van der Waals surface area contributed by atoms with Crippen molar-refractivity contribution < 1.29 is 18.8 Å². The van der Waals surface area contributed by atoms with E-state index in [4.69, 9.17) is 4.74 Å². The number of anilines is 1. The third kappa shape index (κ3) is 4.07. The smallest absolute Gasteiger partial charge is 0.274 e. The lowest BCUT2D eigenvalue weighted by atomic mass is 10.1. The number of carbonyl (C=O) groups excluding carboxylic acids is 1. The molecule has 126 valence electrons. The average Bonchev–Trinajstić information content (AvgIpc) is 2.54. The molecule has 0 aliphatic heterocycles. The zero-order valence-electron chi connectivity index (χ0n) is 13.3. The van der Waals surface area contributed by atoms with Crippen LogP contribution in [0.2, 0.25) is 0 Å². The fraction of sp³-hybridized carbons (Fsp3) is 0.235. The summed E-state index contributed by atoms with van der Waals surface area (Å²) in [5.74, 6) is -0.629. The number of hydrogen-bond donors (Lipinski definition) is 1. The van der Waals surface area contributed by atoms with Crippen LogP contribution in [-0.4, -0.2) is 17.9 Å². The summed E-state index contributed by atoms with van der Waals surface area (Å²) in [5, 5.41) is 13.6.